The number of rotatable bonds is 5. The van der Waals surface area contributed by atoms with Gasteiger partial charge in [0.15, 0.2) is 0 Å². The summed E-state index contributed by atoms with van der Waals surface area (Å²) in [5.41, 5.74) is -0.483. The molecule has 0 aliphatic rings. The van der Waals surface area contributed by atoms with Crippen LogP contribution in [-0.2, 0) is 16.1 Å². The molecule has 0 radical (unpaired) electrons. The molecule has 0 saturated carbocycles. The minimum atomic E-state index is -0.483. The molecule has 0 aliphatic carbocycles. The van der Waals surface area contributed by atoms with Gasteiger partial charge in [-0.3, -0.25) is 4.79 Å². The number of nitrogens with one attached hydrogen (secondary N) is 1. The molecule has 3 nitrogen and oxygen atoms in total. The van der Waals surface area contributed by atoms with E-state index in [0.29, 0.717) is 6.54 Å². The number of halogens is 1. The van der Waals surface area contributed by atoms with E-state index >= 15 is 0 Å². The predicted octanol–water partition coefficient (Wildman–Crippen LogP) is 2.80. The molecule has 0 unspecified atom stereocenters. The first-order chi connectivity index (χ1) is 7.45. The Balaban J connectivity index is 2.38. The van der Waals surface area contributed by atoms with E-state index in [1.165, 1.54) is 12.0 Å². The summed E-state index contributed by atoms with van der Waals surface area (Å²) in [5, 5.41) is 3.26. The average Bonchev–Trinajstić information content (AvgIpc) is 2.62. The molecule has 1 N–H and O–H groups in total. The van der Waals surface area contributed by atoms with Crippen molar-refractivity contribution >= 4 is 33.2 Å². The first-order valence-corrected chi connectivity index (χ1v) is 6.60. The molecule has 0 bridgehead atoms. The van der Waals surface area contributed by atoms with Crippen molar-refractivity contribution in [3.63, 3.8) is 0 Å². The van der Waals surface area contributed by atoms with Crippen LogP contribution in [0.15, 0.2) is 15.9 Å². The molecular weight excluding hydrogens is 290 g/mol. The standard InChI is InChI=1S/C11H16BrNO2S/c1-11(2,10(14)15-3)7-13-6-8-4-5-9(12)16-8/h4-5,13H,6-7H2,1-3H3. The minimum Gasteiger partial charge on any atom is -0.469 e. The summed E-state index contributed by atoms with van der Waals surface area (Å²) < 4.78 is 5.86. The van der Waals surface area contributed by atoms with E-state index in [1.54, 1.807) is 11.3 Å². The SMILES string of the molecule is COC(=O)C(C)(C)CNCc1ccc(Br)s1. The molecule has 90 valence electrons. The first-order valence-electron chi connectivity index (χ1n) is 4.99. The molecule has 0 fully saturated rings. The summed E-state index contributed by atoms with van der Waals surface area (Å²) in [6.45, 7) is 5.12. The van der Waals surface area contributed by atoms with Crippen molar-refractivity contribution in [2.24, 2.45) is 5.41 Å². The summed E-state index contributed by atoms with van der Waals surface area (Å²) in [6.07, 6.45) is 0. The normalized spacial score (nSPS) is 11.5. The molecule has 0 spiro atoms. The lowest BCUT2D eigenvalue weighted by Crippen LogP contribution is -2.36. The Morgan fingerprint density at radius 2 is 2.25 bits per heavy atom. The van der Waals surface area contributed by atoms with Crippen molar-refractivity contribution in [3.05, 3.63) is 20.8 Å². The second-order valence-corrected chi connectivity index (χ2v) is 6.73. The molecule has 0 aliphatic heterocycles. The first kappa shape index (κ1) is 13.7. The van der Waals surface area contributed by atoms with Crippen molar-refractivity contribution in [2.75, 3.05) is 13.7 Å². The van der Waals surface area contributed by atoms with Crippen LogP contribution in [0, 0.1) is 5.41 Å². The third kappa shape index (κ3) is 3.88. The summed E-state index contributed by atoms with van der Waals surface area (Å²) >= 11 is 5.11. The maximum absolute atomic E-state index is 11.4. The van der Waals surface area contributed by atoms with Crippen LogP contribution in [-0.4, -0.2) is 19.6 Å². The average molecular weight is 306 g/mol. The fourth-order valence-electron chi connectivity index (χ4n) is 1.29. The topological polar surface area (TPSA) is 38.3 Å². The molecule has 0 atom stereocenters. The fourth-order valence-corrected chi connectivity index (χ4v) is 2.75. The number of carbonyl (C=O) groups excluding carboxylic acids is 1. The molecular formula is C11H16BrNO2S. The van der Waals surface area contributed by atoms with Crippen LogP contribution in [0.5, 0.6) is 0 Å². The Morgan fingerprint density at radius 1 is 1.56 bits per heavy atom. The largest absolute Gasteiger partial charge is 0.469 e. The van der Waals surface area contributed by atoms with E-state index in [1.807, 2.05) is 19.9 Å². The third-order valence-electron chi connectivity index (χ3n) is 2.23. The quantitative estimate of drug-likeness (QED) is 0.850. The monoisotopic (exact) mass is 305 g/mol. The minimum absolute atomic E-state index is 0.188. The number of hydrogen-bond acceptors (Lipinski definition) is 4. The fraction of sp³-hybridized carbons (Fsp3) is 0.545. The number of thiophene rings is 1. The molecule has 1 rings (SSSR count). The van der Waals surface area contributed by atoms with E-state index in [2.05, 4.69) is 27.3 Å². The van der Waals surface area contributed by atoms with Gasteiger partial charge in [-0.1, -0.05) is 0 Å². The lowest BCUT2D eigenvalue weighted by atomic mass is 9.94. The highest BCUT2D eigenvalue weighted by Gasteiger charge is 2.27. The highest BCUT2D eigenvalue weighted by atomic mass is 79.9. The molecule has 1 aromatic heterocycles. The van der Waals surface area contributed by atoms with Gasteiger partial charge in [0, 0.05) is 18.0 Å². The molecule has 1 aromatic rings. The van der Waals surface area contributed by atoms with Crippen LogP contribution in [0.2, 0.25) is 0 Å². The molecule has 1 heterocycles. The molecule has 0 aromatic carbocycles. The van der Waals surface area contributed by atoms with Gasteiger partial charge in [0.05, 0.1) is 16.3 Å². The molecule has 5 heteroatoms. The zero-order valence-electron chi connectivity index (χ0n) is 9.67. The van der Waals surface area contributed by atoms with E-state index in [-0.39, 0.29) is 5.97 Å². The van der Waals surface area contributed by atoms with Crippen LogP contribution in [0.1, 0.15) is 18.7 Å². The van der Waals surface area contributed by atoms with Gasteiger partial charge in [-0.15, -0.1) is 11.3 Å². The van der Waals surface area contributed by atoms with Gasteiger partial charge in [-0.05, 0) is 41.9 Å². The van der Waals surface area contributed by atoms with Gasteiger partial charge in [0.2, 0.25) is 0 Å². The number of ether oxygens (including phenoxy) is 1. The Kier molecular flexibility index (Phi) is 4.95. The van der Waals surface area contributed by atoms with Crippen molar-refractivity contribution in [2.45, 2.75) is 20.4 Å². The highest BCUT2D eigenvalue weighted by Crippen LogP contribution is 2.22. The van der Waals surface area contributed by atoms with Gasteiger partial charge < -0.3 is 10.1 Å². The van der Waals surface area contributed by atoms with E-state index in [4.69, 9.17) is 4.74 Å². The summed E-state index contributed by atoms with van der Waals surface area (Å²) in [5.74, 6) is -0.188. The summed E-state index contributed by atoms with van der Waals surface area (Å²) in [4.78, 5) is 12.7. The number of hydrogen-bond donors (Lipinski definition) is 1. The number of carbonyl (C=O) groups is 1. The van der Waals surface area contributed by atoms with Crippen LogP contribution < -0.4 is 5.32 Å². The number of methoxy groups -OCH3 is 1. The molecule has 16 heavy (non-hydrogen) atoms. The second kappa shape index (κ2) is 5.80. The highest BCUT2D eigenvalue weighted by molar-refractivity contribution is 9.11. The summed E-state index contributed by atoms with van der Waals surface area (Å²) in [7, 11) is 1.42. The Hall–Kier alpha value is -0.390. The molecule has 0 amide bonds. The van der Waals surface area contributed by atoms with E-state index in [9.17, 15) is 4.79 Å². The Bertz CT molecular complexity index is 363. The van der Waals surface area contributed by atoms with Crippen molar-refractivity contribution in [1.82, 2.24) is 5.32 Å². The number of esters is 1. The van der Waals surface area contributed by atoms with Crippen LogP contribution in [0.4, 0.5) is 0 Å². The summed E-state index contributed by atoms with van der Waals surface area (Å²) in [6, 6.07) is 4.08. The maximum Gasteiger partial charge on any atom is 0.312 e. The van der Waals surface area contributed by atoms with Crippen molar-refractivity contribution < 1.29 is 9.53 Å². The van der Waals surface area contributed by atoms with Gasteiger partial charge in [0.25, 0.3) is 0 Å². The van der Waals surface area contributed by atoms with E-state index in [0.717, 1.165) is 10.3 Å². The van der Waals surface area contributed by atoms with E-state index < -0.39 is 5.41 Å². The Morgan fingerprint density at radius 3 is 2.75 bits per heavy atom. The zero-order chi connectivity index (χ0) is 12.2. The van der Waals surface area contributed by atoms with Gasteiger partial charge in [0.1, 0.15) is 0 Å². The van der Waals surface area contributed by atoms with Gasteiger partial charge in [-0.25, -0.2) is 0 Å². The lowest BCUT2D eigenvalue weighted by Gasteiger charge is -2.21. The van der Waals surface area contributed by atoms with Crippen molar-refractivity contribution in [3.8, 4) is 0 Å². The van der Waals surface area contributed by atoms with Crippen molar-refractivity contribution in [1.29, 1.82) is 0 Å². The van der Waals surface area contributed by atoms with Crippen LogP contribution in [0.25, 0.3) is 0 Å². The lowest BCUT2D eigenvalue weighted by molar-refractivity contribution is -0.150. The predicted molar refractivity (Wildman–Crippen MR) is 69.5 cm³/mol. The smallest absolute Gasteiger partial charge is 0.312 e. The van der Waals surface area contributed by atoms with Gasteiger partial charge >= 0.3 is 5.97 Å². The Labute approximate surface area is 108 Å². The molecule has 0 saturated heterocycles. The zero-order valence-corrected chi connectivity index (χ0v) is 12.1. The van der Waals surface area contributed by atoms with Crippen LogP contribution in [0.3, 0.4) is 0 Å². The second-order valence-electron chi connectivity index (χ2n) is 4.18. The van der Waals surface area contributed by atoms with Crippen LogP contribution >= 0.6 is 27.3 Å². The van der Waals surface area contributed by atoms with Gasteiger partial charge in [-0.2, -0.15) is 0 Å². The third-order valence-corrected chi connectivity index (χ3v) is 3.86. The maximum atomic E-state index is 11.4.